The Labute approximate surface area is 135 Å². The van der Waals surface area contributed by atoms with Gasteiger partial charge in [-0.25, -0.2) is 0 Å². The lowest BCUT2D eigenvalue weighted by Crippen LogP contribution is -2.47. The van der Waals surface area contributed by atoms with Crippen LogP contribution in [0.4, 0.5) is 0 Å². The van der Waals surface area contributed by atoms with Crippen molar-refractivity contribution < 1.29 is 9.59 Å². The van der Waals surface area contributed by atoms with E-state index in [0.29, 0.717) is 12.6 Å². The summed E-state index contributed by atoms with van der Waals surface area (Å²) in [6.45, 7) is 5.05. The van der Waals surface area contributed by atoms with Crippen LogP contribution in [0.5, 0.6) is 0 Å². The maximum Gasteiger partial charge on any atom is 0.254 e. The zero-order chi connectivity index (χ0) is 15.5. The third-order valence-electron chi connectivity index (χ3n) is 4.44. The molecule has 0 aromatic carbocycles. The van der Waals surface area contributed by atoms with E-state index in [9.17, 15) is 9.59 Å². The fraction of sp³-hybridized carbons (Fsp3) is 0.625. The lowest BCUT2D eigenvalue weighted by atomic mass is 10.2. The third-order valence-corrected chi connectivity index (χ3v) is 5.12. The summed E-state index contributed by atoms with van der Waals surface area (Å²) in [5, 5.41) is 6.90. The van der Waals surface area contributed by atoms with E-state index in [1.54, 1.807) is 11.3 Å². The molecule has 2 amide bonds. The van der Waals surface area contributed by atoms with Gasteiger partial charge >= 0.3 is 0 Å². The van der Waals surface area contributed by atoms with Gasteiger partial charge in [0.1, 0.15) is 0 Å². The van der Waals surface area contributed by atoms with Crippen LogP contribution in [0.15, 0.2) is 16.8 Å². The lowest BCUT2D eigenvalue weighted by Gasteiger charge is -2.27. The summed E-state index contributed by atoms with van der Waals surface area (Å²) in [5.41, 5.74) is 0.776. The smallest absolute Gasteiger partial charge is 0.254 e. The van der Waals surface area contributed by atoms with Gasteiger partial charge in [0.25, 0.3) is 5.91 Å². The minimum atomic E-state index is -0.114. The molecule has 1 atom stereocenters. The molecule has 1 unspecified atom stereocenters. The first kappa shape index (κ1) is 15.5. The first-order valence-corrected chi connectivity index (χ1v) is 8.95. The average molecular weight is 321 g/mol. The standard InChI is InChI=1S/C16H23N3O2S/c1-12(15(20)17-14-3-4-14)18-6-2-7-19(9-8-18)16(21)13-5-10-22-11-13/h5,10-12,14H,2-4,6-9H2,1H3,(H,17,20). The number of nitrogens with one attached hydrogen (secondary N) is 1. The first-order valence-electron chi connectivity index (χ1n) is 8.01. The number of nitrogens with zero attached hydrogens (tertiary/aromatic N) is 2. The second-order valence-electron chi connectivity index (χ2n) is 6.15. The van der Waals surface area contributed by atoms with Gasteiger partial charge in [-0.1, -0.05) is 0 Å². The maximum atomic E-state index is 12.4. The van der Waals surface area contributed by atoms with E-state index in [1.165, 1.54) is 0 Å². The van der Waals surface area contributed by atoms with Crippen molar-refractivity contribution in [3.63, 3.8) is 0 Å². The second kappa shape index (κ2) is 6.79. The largest absolute Gasteiger partial charge is 0.352 e. The SMILES string of the molecule is CC(C(=O)NC1CC1)N1CCCN(C(=O)c2ccsc2)CC1. The highest BCUT2D eigenvalue weighted by atomic mass is 32.1. The molecule has 2 fully saturated rings. The van der Waals surface area contributed by atoms with E-state index >= 15 is 0 Å². The first-order chi connectivity index (χ1) is 10.6. The monoisotopic (exact) mass is 321 g/mol. The van der Waals surface area contributed by atoms with Crippen molar-refractivity contribution >= 4 is 23.2 Å². The second-order valence-corrected chi connectivity index (χ2v) is 6.93. The highest BCUT2D eigenvalue weighted by Gasteiger charge is 2.29. The molecular weight excluding hydrogens is 298 g/mol. The Morgan fingerprint density at radius 1 is 1.27 bits per heavy atom. The number of hydrogen-bond acceptors (Lipinski definition) is 4. The van der Waals surface area contributed by atoms with Crippen molar-refractivity contribution in [2.24, 2.45) is 0 Å². The van der Waals surface area contributed by atoms with Gasteiger partial charge in [0.2, 0.25) is 5.91 Å². The average Bonchev–Trinajstić information content (AvgIpc) is 3.23. The summed E-state index contributed by atoms with van der Waals surface area (Å²) in [6, 6.07) is 2.16. The van der Waals surface area contributed by atoms with Gasteiger partial charge in [-0.3, -0.25) is 14.5 Å². The van der Waals surface area contributed by atoms with Crippen LogP contribution in [0, 0.1) is 0 Å². The minimum Gasteiger partial charge on any atom is -0.352 e. The van der Waals surface area contributed by atoms with Gasteiger partial charge in [-0.2, -0.15) is 11.3 Å². The van der Waals surface area contributed by atoms with Crippen molar-refractivity contribution in [3.8, 4) is 0 Å². The van der Waals surface area contributed by atoms with E-state index in [0.717, 1.165) is 44.5 Å². The van der Waals surface area contributed by atoms with Crippen LogP contribution in [0.1, 0.15) is 36.5 Å². The zero-order valence-corrected chi connectivity index (χ0v) is 13.8. The van der Waals surface area contributed by atoms with Gasteiger partial charge in [-0.05, 0) is 37.6 Å². The van der Waals surface area contributed by atoms with Crippen LogP contribution in [-0.2, 0) is 4.79 Å². The van der Waals surface area contributed by atoms with E-state index in [2.05, 4.69) is 10.2 Å². The predicted molar refractivity (Wildman–Crippen MR) is 87.0 cm³/mol. The Bertz CT molecular complexity index is 528. The molecule has 0 bridgehead atoms. The third kappa shape index (κ3) is 3.67. The number of thiophene rings is 1. The quantitative estimate of drug-likeness (QED) is 0.916. The van der Waals surface area contributed by atoms with Gasteiger partial charge in [0.15, 0.2) is 0 Å². The molecule has 3 rings (SSSR count). The molecule has 1 aromatic rings. The molecule has 1 saturated heterocycles. The number of rotatable bonds is 4. The molecule has 0 spiro atoms. The van der Waals surface area contributed by atoms with E-state index in [4.69, 9.17) is 0 Å². The molecule has 1 aliphatic heterocycles. The zero-order valence-electron chi connectivity index (χ0n) is 13.0. The van der Waals surface area contributed by atoms with Crippen LogP contribution in [0.2, 0.25) is 0 Å². The van der Waals surface area contributed by atoms with Gasteiger partial charge in [0.05, 0.1) is 11.6 Å². The van der Waals surface area contributed by atoms with E-state index < -0.39 is 0 Å². The maximum absolute atomic E-state index is 12.4. The molecule has 22 heavy (non-hydrogen) atoms. The summed E-state index contributed by atoms with van der Waals surface area (Å²) in [5.74, 6) is 0.235. The Hall–Kier alpha value is -1.40. The normalized spacial score (nSPS) is 21.2. The molecule has 2 aliphatic rings. The molecule has 1 N–H and O–H groups in total. The van der Waals surface area contributed by atoms with Crippen molar-refractivity contribution in [2.45, 2.75) is 38.3 Å². The molecule has 5 nitrogen and oxygen atoms in total. The summed E-state index contributed by atoms with van der Waals surface area (Å²) in [6.07, 6.45) is 3.14. The van der Waals surface area contributed by atoms with E-state index in [-0.39, 0.29) is 17.9 Å². The Morgan fingerprint density at radius 2 is 2.09 bits per heavy atom. The van der Waals surface area contributed by atoms with Crippen LogP contribution in [-0.4, -0.2) is 59.9 Å². The lowest BCUT2D eigenvalue weighted by molar-refractivity contribution is -0.126. The highest BCUT2D eigenvalue weighted by molar-refractivity contribution is 7.08. The van der Waals surface area contributed by atoms with Crippen molar-refractivity contribution in [1.82, 2.24) is 15.1 Å². The molecule has 2 heterocycles. The number of carbonyl (C=O) groups excluding carboxylic acids is 2. The Kier molecular flexibility index (Phi) is 4.78. The molecule has 120 valence electrons. The molecule has 0 radical (unpaired) electrons. The summed E-state index contributed by atoms with van der Waals surface area (Å²) >= 11 is 1.55. The summed E-state index contributed by atoms with van der Waals surface area (Å²) < 4.78 is 0. The molecule has 6 heteroatoms. The number of amides is 2. The molecule has 1 saturated carbocycles. The Morgan fingerprint density at radius 3 is 2.77 bits per heavy atom. The van der Waals surface area contributed by atoms with Crippen molar-refractivity contribution in [3.05, 3.63) is 22.4 Å². The number of hydrogen-bond donors (Lipinski definition) is 1. The highest BCUT2D eigenvalue weighted by Crippen LogP contribution is 2.19. The molecular formula is C16H23N3O2S. The fourth-order valence-electron chi connectivity index (χ4n) is 2.81. The van der Waals surface area contributed by atoms with Crippen molar-refractivity contribution in [1.29, 1.82) is 0 Å². The van der Waals surface area contributed by atoms with Gasteiger partial charge in [-0.15, -0.1) is 0 Å². The van der Waals surface area contributed by atoms with Gasteiger partial charge in [0, 0.05) is 37.6 Å². The van der Waals surface area contributed by atoms with Crippen LogP contribution in [0.3, 0.4) is 0 Å². The van der Waals surface area contributed by atoms with Crippen LogP contribution < -0.4 is 5.32 Å². The van der Waals surface area contributed by atoms with E-state index in [1.807, 2.05) is 28.7 Å². The van der Waals surface area contributed by atoms with Crippen molar-refractivity contribution in [2.75, 3.05) is 26.2 Å². The Balaban J connectivity index is 1.55. The topological polar surface area (TPSA) is 52.7 Å². The van der Waals surface area contributed by atoms with Crippen LogP contribution >= 0.6 is 11.3 Å². The minimum absolute atomic E-state index is 0.109. The van der Waals surface area contributed by atoms with Gasteiger partial charge < -0.3 is 10.2 Å². The molecule has 1 aromatic heterocycles. The number of carbonyl (C=O) groups is 2. The fourth-order valence-corrected chi connectivity index (χ4v) is 3.44. The van der Waals surface area contributed by atoms with Crippen LogP contribution in [0.25, 0.3) is 0 Å². The predicted octanol–water partition coefficient (Wildman–Crippen LogP) is 1.56. The summed E-state index contributed by atoms with van der Waals surface area (Å²) in [7, 11) is 0. The summed E-state index contributed by atoms with van der Waals surface area (Å²) in [4.78, 5) is 28.7. The molecule has 1 aliphatic carbocycles.